The molecular formula is C29H23ClN6O4S. The number of hydrogen-bond donors (Lipinski definition) is 1. The number of fused-ring (bicyclic) bond motifs is 4. The summed E-state index contributed by atoms with van der Waals surface area (Å²) in [5.74, 6) is 0.857. The van der Waals surface area contributed by atoms with Crippen molar-refractivity contribution in [1.82, 2.24) is 19.6 Å². The summed E-state index contributed by atoms with van der Waals surface area (Å²) in [6.07, 6.45) is 1.42. The van der Waals surface area contributed by atoms with E-state index in [0.29, 0.717) is 50.9 Å². The second kappa shape index (κ2) is 11.2. The zero-order valence-electron chi connectivity index (χ0n) is 21.8. The number of amides is 2. The molecule has 2 aromatic carbocycles. The minimum Gasteiger partial charge on any atom is -0.497 e. The first kappa shape index (κ1) is 26.7. The highest BCUT2D eigenvalue weighted by molar-refractivity contribution is 8.13. The summed E-state index contributed by atoms with van der Waals surface area (Å²) in [6, 6.07) is 18.7. The zero-order valence-corrected chi connectivity index (χ0v) is 23.4. The number of aromatic nitrogens is 2. The van der Waals surface area contributed by atoms with Crippen molar-refractivity contribution in [3.8, 4) is 5.75 Å². The Balaban J connectivity index is 1.19. The number of rotatable bonds is 7. The molecule has 10 nitrogen and oxygen atoms in total. The largest absolute Gasteiger partial charge is 0.497 e. The van der Waals surface area contributed by atoms with Crippen molar-refractivity contribution in [3.05, 3.63) is 105 Å². The van der Waals surface area contributed by atoms with Crippen LogP contribution in [0.5, 0.6) is 5.75 Å². The van der Waals surface area contributed by atoms with E-state index in [1.807, 2.05) is 48.5 Å². The van der Waals surface area contributed by atoms with Crippen LogP contribution in [0.25, 0.3) is 5.65 Å². The van der Waals surface area contributed by atoms with Crippen molar-refractivity contribution >= 4 is 57.5 Å². The van der Waals surface area contributed by atoms with Gasteiger partial charge in [0.2, 0.25) is 5.91 Å². The monoisotopic (exact) mass is 586 g/mol. The Morgan fingerprint density at radius 3 is 2.71 bits per heavy atom. The van der Waals surface area contributed by atoms with Gasteiger partial charge in [0.05, 0.1) is 29.9 Å². The van der Waals surface area contributed by atoms with Crippen LogP contribution in [0.3, 0.4) is 0 Å². The fourth-order valence-electron chi connectivity index (χ4n) is 4.56. The normalized spacial score (nSPS) is 15.7. The molecule has 0 spiro atoms. The molecule has 0 saturated carbocycles. The molecule has 0 aliphatic carbocycles. The van der Waals surface area contributed by atoms with Gasteiger partial charge in [-0.15, -0.1) is 0 Å². The Hall–Kier alpha value is -4.48. The van der Waals surface area contributed by atoms with Gasteiger partial charge >= 0.3 is 0 Å². The molecule has 0 bridgehead atoms. The number of carbonyl (C=O) groups excluding carboxylic acids is 2. The van der Waals surface area contributed by atoms with Crippen LogP contribution in [-0.2, 0) is 21.9 Å². The molecule has 206 valence electrons. The molecular weight excluding hydrogens is 564 g/mol. The van der Waals surface area contributed by atoms with Crippen molar-refractivity contribution in [2.45, 2.75) is 24.8 Å². The van der Waals surface area contributed by atoms with Gasteiger partial charge in [-0.1, -0.05) is 47.6 Å². The van der Waals surface area contributed by atoms with Gasteiger partial charge in [-0.25, -0.2) is 14.9 Å². The van der Waals surface area contributed by atoms with Crippen LogP contribution in [-0.4, -0.2) is 50.3 Å². The van der Waals surface area contributed by atoms with E-state index in [0.717, 1.165) is 11.3 Å². The van der Waals surface area contributed by atoms with E-state index in [2.05, 4.69) is 15.3 Å². The van der Waals surface area contributed by atoms with E-state index in [4.69, 9.17) is 21.3 Å². The van der Waals surface area contributed by atoms with E-state index in [-0.39, 0.29) is 23.8 Å². The minimum absolute atomic E-state index is 0.0966. The third-order valence-corrected chi connectivity index (χ3v) is 7.80. The average molecular weight is 587 g/mol. The molecule has 0 radical (unpaired) electrons. The number of thioether (sulfide) groups is 1. The number of methoxy groups -OCH3 is 1. The maximum absolute atomic E-state index is 13.6. The van der Waals surface area contributed by atoms with Crippen LogP contribution in [0.2, 0.25) is 5.02 Å². The highest BCUT2D eigenvalue weighted by Gasteiger charge is 2.42. The summed E-state index contributed by atoms with van der Waals surface area (Å²) in [7, 11) is 1.59. The van der Waals surface area contributed by atoms with E-state index in [1.165, 1.54) is 33.3 Å². The molecule has 4 aromatic rings. The van der Waals surface area contributed by atoms with Gasteiger partial charge in [0.15, 0.2) is 5.17 Å². The molecule has 1 unspecified atom stereocenters. The predicted octanol–water partition coefficient (Wildman–Crippen LogP) is 3.95. The van der Waals surface area contributed by atoms with Gasteiger partial charge in [-0.2, -0.15) is 0 Å². The maximum atomic E-state index is 13.6. The van der Waals surface area contributed by atoms with Gasteiger partial charge in [-0.05, 0) is 42.0 Å². The van der Waals surface area contributed by atoms with Gasteiger partial charge in [0, 0.05) is 30.1 Å². The Morgan fingerprint density at radius 1 is 1.10 bits per heavy atom. The van der Waals surface area contributed by atoms with Gasteiger partial charge in [0.1, 0.15) is 23.3 Å². The lowest BCUT2D eigenvalue weighted by Crippen LogP contribution is -2.42. The SMILES string of the molecule is COc1ccc(CNC(=O)CC2N=C3c4ccccc4N=C(SCc4cc(=O)n5cc(Cl)ccc5n4)N3C2=O)cc1. The number of carbonyl (C=O) groups is 2. The molecule has 2 aliphatic heterocycles. The molecule has 2 amide bonds. The van der Waals surface area contributed by atoms with Gasteiger partial charge in [-0.3, -0.25) is 23.8 Å². The number of amidine groups is 2. The lowest BCUT2D eigenvalue weighted by atomic mass is 10.1. The molecule has 12 heteroatoms. The van der Waals surface area contributed by atoms with E-state index >= 15 is 0 Å². The molecule has 41 heavy (non-hydrogen) atoms. The molecule has 2 aliphatic rings. The first-order valence-corrected chi connectivity index (χ1v) is 14.1. The second-order valence-electron chi connectivity index (χ2n) is 9.33. The number of hydrogen-bond acceptors (Lipinski definition) is 8. The minimum atomic E-state index is -0.883. The highest BCUT2D eigenvalue weighted by atomic mass is 35.5. The van der Waals surface area contributed by atoms with Crippen molar-refractivity contribution in [2.75, 3.05) is 7.11 Å². The average Bonchev–Trinajstić information content (AvgIpc) is 3.31. The summed E-state index contributed by atoms with van der Waals surface area (Å²) in [5, 5.41) is 3.70. The summed E-state index contributed by atoms with van der Waals surface area (Å²) in [4.78, 5) is 54.3. The third-order valence-electron chi connectivity index (χ3n) is 6.60. The number of aliphatic imine (C=N–C) groups is 2. The first-order valence-electron chi connectivity index (χ1n) is 12.7. The summed E-state index contributed by atoms with van der Waals surface area (Å²) < 4.78 is 6.54. The highest BCUT2D eigenvalue weighted by Crippen LogP contribution is 2.34. The van der Waals surface area contributed by atoms with E-state index < -0.39 is 6.04 Å². The fourth-order valence-corrected chi connectivity index (χ4v) is 5.62. The first-order chi connectivity index (χ1) is 19.9. The summed E-state index contributed by atoms with van der Waals surface area (Å²) in [6.45, 7) is 0.320. The number of pyridine rings is 1. The van der Waals surface area contributed by atoms with Crippen LogP contribution < -0.4 is 15.6 Å². The lowest BCUT2D eigenvalue weighted by Gasteiger charge is -2.25. The Morgan fingerprint density at radius 2 is 1.90 bits per heavy atom. The number of para-hydroxylation sites is 1. The van der Waals surface area contributed by atoms with Crippen LogP contribution in [0, 0.1) is 0 Å². The van der Waals surface area contributed by atoms with Crippen molar-refractivity contribution < 1.29 is 14.3 Å². The van der Waals surface area contributed by atoms with Crippen LogP contribution in [0.15, 0.2) is 87.7 Å². The van der Waals surface area contributed by atoms with Crippen LogP contribution in [0.4, 0.5) is 5.69 Å². The molecule has 4 heterocycles. The zero-order chi connectivity index (χ0) is 28.5. The number of benzene rings is 2. The smallest absolute Gasteiger partial charge is 0.259 e. The molecule has 1 N–H and O–H groups in total. The van der Waals surface area contributed by atoms with E-state index in [9.17, 15) is 14.4 Å². The molecule has 6 rings (SSSR count). The predicted molar refractivity (Wildman–Crippen MR) is 158 cm³/mol. The number of nitrogens with one attached hydrogen (secondary N) is 1. The quantitative estimate of drug-likeness (QED) is 0.350. The summed E-state index contributed by atoms with van der Waals surface area (Å²) in [5.41, 5.74) is 3.03. The maximum Gasteiger partial charge on any atom is 0.259 e. The molecule has 0 fully saturated rings. The van der Waals surface area contributed by atoms with Crippen LogP contribution in [0.1, 0.15) is 23.2 Å². The van der Waals surface area contributed by atoms with Crippen molar-refractivity contribution in [3.63, 3.8) is 0 Å². The van der Waals surface area contributed by atoms with Crippen molar-refractivity contribution in [2.24, 2.45) is 9.98 Å². The number of nitrogens with zero attached hydrogens (tertiary/aromatic N) is 5. The van der Waals surface area contributed by atoms with Gasteiger partial charge in [0.25, 0.3) is 11.5 Å². The van der Waals surface area contributed by atoms with Gasteiger partial charge < -0.3 is 10.1 Å². The second-order valence-corrected chi connectivity index (χ2v) is 10.7. The van der Waals surface area contributed by atoms with Crippen molar-refractivity contribution in [1.29, 1.82) is 0 Å². The van der Waals surface area contributed by atoms with Crippen LogP contribution >= 0.6 is 23.4 Å². The topological polar surface area (TPSA) is 118 Å². The fraction of sp³-hybridized carbons (Fsp3) is 0.172. The molecule has 0 saturated heterocycles. The summed E-state index contributed by atoms with van der Waals surface area (Å²) >= 11 is 7.29. The number of ether oxygens (including phenoxy) is 1. The standard InChI is InChI=1S/C29H23ClN6O4S/c1-40-20-9-6-17(7-10-20)14-31-25(37)13-23-28(39)36-27(33-23)21-4-2-3-5-22(21)34-29(36)41-16-19-12-26(38)35-15-18(30)8-11-24(35)32-19/h2-12,15,23H,13-14,16H2,1H3,(H,31,37). The van der Waals surface area contributed by atoms with E-state index in [1.54, 1.807) is 19.2 Å². The Bertz CT molecular complexity index is 1800. The third kappa shape index (κ3) is 5.46. The Kier molecular flexibility index (Phi) is 7.29. The molecule has 1 atom stereocenters. The lowest BCUT2D eigenvalue weighted by molar-refractivity contribution is -0.128. The Labute approximate surface area is 243 Å². The molecule has 2 aromatic heterocycles. The number of halogens is 1.